The Morgan fingerprint density at radius 3 is 2.69 bits per heavy atom. The summed E-state index contributed by atoms with van der Waals surface area (Å²) < 4.78 is 0. The molecule has 0 heterocycles. The van der Waals surface area contributed by atoms with E-state index in [1.807, 2.05) is 0 Å². The molecule has 0 spiro atoms. The van der Waals surface area contributed by atoms with Gasteiger partial charge in [-0.2, -0.15) is 0 Å². The van der Waals surface area contributed by atoms with E-state index in [1.165, 1.54) is 6.07 Å². The van der Waals surface area contributed by atoms with Gasteiger partial charge < -0.3 is 15.9 Å². The lowest BCUT2D eigenvalue weighted by Gasteiger charge is -2.12. The fraction of sp³-hybridized carbons (Fsp3) is 0.333. The first-order valence-corrected chi connectivity index (χ1v) is 4.48. The lowest BCUT2D eigenvalue weighted by atomic mass is 10.0. The predicted octanol–water partition coefficient (Wildman–Crippen LogP) is 1.06. The van der Waals surface area contributed by atoms with E-state index >= 15 is 0 Å². The number of rotatable bonds is 3. The van der Waals surface area contributed by atoms with Crippen molar-refractivity contribution in [2.24, 2.45) is 5.73 Å². The van der Waals surface area contributed by atoms with Crippen LogP contribution in [0.5, 0.6) is 5.75 Å². The quantitative estimate of drug-likeness (QED) is 0.550. The second-order valence-corrected chi connectivity index (χ2v) is 3.38. The van der Waals surface area contributed by atoms with Crippen LogP contribution in [-0.4, -0.2) is 16.8 Å². The number of aromatic hydroxyl groups is 1. The molecule has 1 aromatic rings. The van der Waals surface area contributed by atoms with Crippen molar-refractivity contribution in [3.8, 4) is 5.75 Å². The predicted molar refractivity (Wildman–Crippen MR) is 54.0 cm³/mol. The summed E-state index contributed by atoms with van der Waals surface area (Å²) in [4.78, 5) is 0.692. The summed E-state index contributed by atoms with van der Waals surface area (Å²) in [6.45, 7) is 0.0171. The van der Waals surface area contributed by atoms with Crippen LogP contribution < -0.4 is 5.73 Å². The lowest BCUT2D eigenvalue weighted by molar-refractivity contribution is 0.275. The van der Waals surface area contributed by atoms with Crippen molar-refractivity contribution in [3.05, 3.63) is 23.8 Å². The van der Waals surface area contributed by atoms with Crippen molar-refractivity contribution < 1.29 is 10.2 Å². The van der Waals surface area contributed by atoms with E-state index in [0.717, 1.165) is 0 Å². The molecule has 0 saturated carbocycles. The van der Waals surface area contributed by atoms with Gasteiger partial charge in [0, 0.05) is 23.1 Å². The fourth-order valence-electron chi connectivity index (χ4n) is 1.14. The topological polar surface area (TPSA) is 66.5 Å². The van der Waals surface area contributed by atoms with Crippen molar-refractivity contribution in [2.75, 3.05) is 6.61 Å². The first kappa shape index (κ1) is 10.4. The smallest absolute Gasteiger partial charge is 0.121 e. The zero-order valence-corrected chi connectivity index (χ0v) is 8.04. The van der Waals surface area contributed by atoms with E-state index in [2.05, 4.69) is 12.6 Å². The Hall–Kier alpha value is -0.710. The van der Waals surface area contributed by atoms with Crippen LogP contribution in [0, 0.1) is 0 Å². The molecule has 1 aromatic carbocycles. The van der Waals surface area contributed by atoms with Crippen molar-refractivity contribution in [1.82, 2.24) is 0 Å². The Labute approximate surface area is 82.6 Å². The number of phenolic OH excluding ortho intramolecular Hbond substituents is 1. The average Bonchev–Trinajstić information content (AvgIpc) is 2.04. The van der Waals surface area contributed by atoms with Gasteiger partial charge >= 0.3 is 0 Å². The molecule has 0 bridgehead atoms. The number of thiol groups is 1. The van der Waals surface area contributed by atoms with E-state index in [4.69, 9.17) is 10.8 Å². The van der Waals surface area contributed by atoms with Crippen molar-refractivity contribution in [2.45, 2.75) is 17.4 Å². The van der Waals surface area contributed by atoms with Crippen LogP contribution in [0.4, 0.5) is 0 Å². The monoisotopic (exact) mass is 199 g/mol. The first-order chi connectivity index (χ1) is 6.15. The molecule has 3 nitrogen and oxygen atoms in total. The number of hydrogen-bond donors (Lipinski definition) is 4. The second kappa shape index (κ2) is 4.50. The molecule has 0 radical (unpaired) electrons. The zero-order valence-electron chi connectivity index (χ0n) is 7.14. The van der Waals surface area contributed by atoms with Gasteiger partial charge in [-0.05, 0) is 18.6 Å². The number of phenols is 1. The van der Waals surface area contributed by atoms with Crippen LogP contribution in [-0.2, 0) is 0 Å². The highest BCUT2D eigenvalue weighted by Crippen LogP contribution is 2.26. The Kier molecular flexibility index (Phi) is 3.59. The SMILES string of the molecule is N[C@@H](CCO)c1ccc(S)cc1O. The summed E-state index contributed by atoms with van der Waals surface area (Å²) in [6, 6.07) is 4.70. The number of nitrogens with two attached hydrogens (primary N) is 1. The molecule has 0 aromatic heterocycles. The average molecular weight is 199 g/mol. The van der Waals surface area contributed by atoms with Crippen molar-refractivity contribution in [1.29, 1.82) is 0 Å². The highest BCUT2D eigenvalue weighted by atomic mass is 32.1. The molecule has 0 unspecified atom stereocenters. The van der Waals surface area contributed by atoms with Gasteiger partial charge in [0.1, 0.15) is 5.75 Å². The summed E-state index contributed by atoms with van der Waals surface area (Å²) in [5.74, 6) is 0.133. The number of aliphatic hydroxyl groups is 1. The molecule has 0 fully saturated rings. The van der Waals surface area contributed by atoms with Crippen LogP contribution in [0.15, 0.2) is 23.1 Å². The molecule has 0 aliphatic rings. The van der Waals surface area contributed by atoms with Gasteiger partial charge in [0.25, 0.3) is 0 Å². The number of aliphatic hydroxyl groups excluding tert-OH is 1. The minimum absolute atomic E-state index is 0.0171. The number of benzene rings is 1. The molecule has 4 heteroatoms. The van der Waals surface area contributed by atoms with Gasteiger partial charge in [-0.1, -0.05) is 6.07 Å². The molecule has 1 atom stereocenters. The summed E-state index contributed by atoms with van der Waals surface area (Å²) in [5, 5.41) is 18.1. The van der Waals surface area contributed by atoms with E-state index in [-0.39, 0.29) is 18.4 Å². The first-order valence-electron chi connectivity index (χ1n) is 4.03. The highest BCUT2D eigenvalue weighted by molar-refractivity contribution is 7.80. The van der Waals surface area contributed by atoms with Crippen LogP contribution in [0.3, 0.4) is 0 Å². The van der Waals surface area contributed by atoms with E-state index in [0.29, 0.717) is 16.9 Å². The second-order valence-electron chi connectivity index (χ2n) is 2.86. The summed E-state index contributed by atoms with van der Waals surface area (Å²) >= 11 is 4.07. The maximum Gasteiger partial charge on any atom is 0.121 e. The number of hydrogen-bond acceptors (Lipinski definition) is 4. The van der Waals surface area contributed by atoms with Crippen LogP contribution in [0.25, 0.3) is 0 Å². The fourth-order valence-corrected chi connectivity index (χ4v) is 1.34. The van der Waals surface area contributed by atoms with Crippen LogP contribution >= 0.6 is 12.6 Å². The summed E-state index contributed by atoms with van der Waals surface area (Å²) in [5.41, 5.74) is 6.36. The summed E-state index contributed by atoms with van der Waals surface area (Å²) in [7, 11) is 0. The minimum atomic E-state index is -0.320. The molecule has 13 heavy (non-hydrogen) atoms. The molecular formula is C9H13NO2S. The van der Waals surface area contributed by atoms with Gasteiger partial charge in [0.05, 0.1) is 0 Å². The van der Waals surface area contributed by atoms with Gasteiger partial charge in [-0.25, -0.2) is 0 Å². The molecule has 0 amide bonds. The Balaban J connectivity index is 2.88. The maximum absolute atomic E-state index is 9.48. The molecule has 4 N–H and O–H groups in total. The third kappa shape index (κ3) is 2.62. The van der Waals surface area contributed by atoms with Gasteiger partial charge in [-0.3, -0.25) is 0 Å². The highest BCUT2D eigenvalue weighted by Gasteiger charge is 2.09. The van der Waals surface area contributed by atoms with Gasteiger partial charge in [-0.15, -0.1) is 12.6 Å². The Morgan fingerprint density at radius 2 is 2.15 bits per heavy atom. The van der Waals surface area contributed by atoms with E-state index in [9.17, 15) is 5.11 Å². The minimum Gasteiger partial charge on any atom is -0.508 e. The molecule has 1 rings (SSSR count). The molecule has 0 aliphatic carbocycles. The summed E-state index contributed by atoms with van der Waals surface area (Å²) in [6.07, 6.45) is 0.444. The van der Waals surface area contributed by atoms with E-state index in [1.54, 1.807) is 12.1 Å². The van der Waals surface area contributed by atoms with E-state index < -0.39 is 0 Å². The standard InChI is InChI=1S/C9H13NO2S/c10-8(3-4-11)7-2-1-6(13)5-9(7)12/h1-2,5,8,11-13H,3-4,10H2/t8-/m0/s1. The van der Waals surface area contributed by atoms with Gasteiger partial charge in [0.2, 0.25) is 0 Å². The maximum atomic E-state index is 9.48. The Bertz CT molecular complexity index is 291. The lowest BCUT2D eigenvalue weighted by Crippen LogP contribution is -2.11. The molecular weight excluding hydrogens is 186 g/mol. The van der Waals surface area contributed by atoms with Crippen molar-refractivity contribution in [3.63, 3.8) is 0 Å². The third-order valence-corrected chi connectivity index (χ3v) is 2.13. The third-order valence-electron chi connectivity index (χ3n) is 1.85. The zero-order chi connectivity index (χ0) is 9.84. The normalized spacial score (nSPS) is 12.8. The molecule has 0 saturated heterocycles. The van der Waals surface area contributed by atoms with Crippen LogP contribution in [0.1, 0.15) is 18.0 Å². The molecule has 72 valence electrons. The largest absolute Gasteiger partial charge is 0.508 e. The Morgan fingerprint density at radius 1 is 1.46 bits per heavy atom. The van der Waals surface area contributed by atoms with Crippen molar-refractivity contribution >= 4 is 12.6 Å². The molecule has 0 aliphatic heterocycles. The van der Waals surface area contributed by atoms with Gasteiger partial charge in [0.15, 0.2) is 0 Å². The van der Waals surface area contributed by atoms with Crippen LogP contribution in [0.2, 0.25) is 0 Å².